The van der Waals surface area contributed by atoms with E-state index in [2.05, 4.69) is 20.5 Å². The molecule has 0 aliphatic carbocycles. The molecule has 1 saturated heterocycles. The zero-order chi connectivity index (χ0) is 17.6. The lowest BCUT2D eigenvalue weighted by molar-refractivity contribution is -0.119. The second-order valence-electron chi connectivity index (χ2n) is 5.43. The van der Waals surface area contributed by atoms with Gasteiger partial charge in [-0.2, -0.15) is 0 Å². The number of aromatic nitrogens is 4. The average Bonchev–Trinajstić information content (AvgIpc) is 3.25. The minimum Gasteiger partial charge on any atom is -0.414 e. The first-order chi connectivity index (χ1) is 12.1. The molecule has 3 heterocycles. The van der Waals surface area contributed by atoms with Gasteiger partial charge in [-0.25, -0.2) is 4.79 Å². The van der Waals surface area contributed by atoms with E-state index in [1.807, 2.05) is 0 Å². The zero-order valence-electron chi connectivity index (χ0n) is 13.3. The molecule has 134 valence electrons. The topological polar surface area (TPSA) is 132 Å². The van der Waals surface area contributed by atoms with E-state index < -0.39 is 11.2 Å². The van der Waals surface area contributed by atoms with Crippen LogP contribution in [0.1, 0.15) is 18.7 Å². The quantitative estimate of drug-likeness (QED) is 0.617. The molecule has 0 bridgehead atoms. The lowest BCUT2D eigenvalue weighted by Crippen LogP contribution is -2.32. The van der Waals surface area contributed by atoms with Gasteiger partial charge in [0.15, 0.2) is 0 Å². The van der Waals surface area contributed by atoms with Crippen molar-refractivity contribution in [2.45, 2.75) is 30.7 Å². The van der Waals surface area contributed by atoms with Gasteiger partial charge in [-0.1, -0.05) is 11.8 Å². The molecule has 1 atom stereocenters. The Bertz CT molecular complexity index is 838. The van der Waals surface area contributed by atoms with Crippen LogP contribution in [0.4, 0.5) is 0 Å². The van der Waals surface area contributed by atoms with Crippen LogP contribution in [-0.4, -0.2) is 50.7 Å². The van der Waals surface area contributed by atoms with Gasteiger partial charge in [-0.05, 0) is 12.8 Å². The van der Waals surface area contributed by atoms with Crippen molar-refractivity contribution in [1.82, 2.24) is 25.1 Å². The molecule has 0 spiro atoms. The van der Waals surface area contributed by atoms with Crippen LogP contribution in [0.5, 0.6) is 0 Å². The molecular weight excluding hydrogens is 350 g/mol. The standard InChI is InChI=1S/C14H17N5O5S/c20-10-3-4-19(13(22)16-10)7-12-17-18-14(24-12)25-8-11(21)15-6-9-2-1-5-23-9/h3-4,9H,1-2,5-8H2,(H,15,21)(H,16,20,22)/t9-/m1/s1. The summed E-state index contributed by atoms with van der Waals surface area (Å²) >= 11 is 1.11. The number of hydrogen-bond donors (Lipinski definition) is 2. The second kappa shape index (κ2) is 8.12. The van der Waals surface area contributed by atoms with Crippen molar-refractivity contribution in [3.05, 3.63) is 39.0 Å². The molecule has 1 aliphatic heterocycles. The minimum atomic E-state index is -0.562. The van der Waals surface area contributed by atoms with Crippen molar-refractivity contribution in [2.75, 3.05) is 18.9 Å². The van der Waals surface area contributed by atoms with Gasteiger partial charge in [0, 0.05) is 25.4 Å². The van der Waals surface area contributed by atoms with Crippen molar-refractivity contribution >= 4 is 17.7 Å². The number of carbonyl (C=O) groups is 1. The highest BCUT2D eigenvalue weighted by Crippen LogP contribution is 2.16. The van der Waals surface area contributed by atoms with Crippen LogP contribution in [0.15, 0.2) is 31.5 Å². The zero-order valence-corrected chi connectivity index (χ0v) is 14.1. The molecule has 2 aromatic heterocycles. The van der Waals surface area contributed by atoms with E-state index in [9.17, 15) is 14.4 Å². The first-order valence-electron chi connectivity index (χ1n) is 7.73. The Morgan fingerprint density at radius 2 is 2.32 bits per heavy atom. The molecule has 10 nitrogen and oxygen atoms in total. The van der Waals surface area contributed by atoms with Gasteiger partial charge in [-0.15, -0.1) is 10.2 Å². The third-order valence-corrected chi connectivity index (χ3v) is 4.35. The molecule has 2 N–H and O–H groups in total. The molecule has 1 aliphatic rings. The Labute approximate surface area is 146 Å². The largest absolute Gasteiger partial charge is 0.414 e. The van der Waals surface area contributed by atoms with Gasteiger partial charge in [0.2, 0.25) is 11.8 Å². The van der Waals surface area contributed by atoms with Gasteiger partial charge in [-0.3, -0.25) is 19.1 Å². The van der Waals surface area contributed by atoms with Crippen molar-refractivity contribution in [2.24, 2.45) is 0 Å². The Kier molecular flexibility index (Phi) is 5.66. The maximum Gasteiger partial charge on any atom is 0.328 e. The smallest absolute Gasteiger partial charge is 0.328 e. The molecule has 2 aromatic rings. The number of hydrogen-bond acceptors (Lipinski definition) is 8. The third-order valence-electron chi connectivity index (χ3n) is 3.53. The fraction of sp³-hybridized carbons (Fsp3) is 0.500. The fourth-order valence-electron chi connectivity index (χ4n) is 2.29. The predicted octanol–water partition coefficient (Wildman–Crippen LogP) is -0.645. The summed E-state index contributed by atoms with van der Waals surface area (Å²) in [6.07, 6.45) is 3.43. The molecular formula is C14H17N5O5S. The number of thioether (sulfide) groups is 1. The normalized spacial score (nSPS) is 16.9. The van der Waals surface area contributed by atoms with Crippen LogP contribution >= 0.6 is 11.8 Å². The van der Waals surface area contributed by atoms with Crippen LogP contribution in [-0.2, 0) is 16.1 Å². The number of nitrogens with zero attached hydrogens (tertiary/aromatic N) is 3. The molecule has 0 aromatic carbocycles. The van der Waals surface area contributed by atoms with Gasteiger partial charge >= 0.3 is 5.69 Å². The summed E-state index contributed by atoms with van der Waals surface area (Å²) in [5, 5.41) is 10.7. The molecule has 0 saturated carbocycles. The van der Waals surface area contributed by atoms with Crippen LogP contribution in [0.3, 0.4) is 0 Å². The average molecular weight is 367 g/mol. The lowest BCUT2D eigenvalue weighted by Gasteiger charge is -2.09. The van der Waals surface area contributed by atoms with Crippen LogP contribution in [0.25, 0.3) is 0 Å². The summed E-state index contributed by atoms with van der Waals surface area (Å²) in [5.74, 6) is 0.209. The second-order valence-corrected chi connectivity index (χ2v) is 6.35. The lowest BCUT2D eigenvalue weighted by atomic mass is 10.2. The predicted molar refractivity (Wildman–Crippen MR) is 87.4 cm³/mol. The monoisotopic (exact) mass is 367 g/mol. The van der Waals surface area contributed by atoms with E-state index in [0.717, 1.165) is 31.2 Å². The van der Waals surface area contributed by atoms with Gasteiger partial charge in [0.25, 0.3) is 10.8 Å². The number of nitrogens with one attached hydrogen (secondary N) is 2. The van der Waals surface area contributed by atoms with E-state index in [1.165, 1.54) is 16.8 Å². The van der Waals surface area contributed by atoms with E-state index in [-0.39, 0.29) is 35.4 Å². The third kappa shape index (κ3) is 5.03. The summed E-state index contributed by atoms with van der Waals surface area (Å²) < 4.78 is 12.0. The van der Waals surface area contributed by atoms with Crippen LogP contribution in [0.2, 0.25) is 0 Å². The first-order valence-corrected chi connectivity index (χ1v) is 8.72. The summed E-state index contributed by atoms with van der Waals surface area (Å²) in [6, 6.07) is 1.23. The van der Waals surface area contributed by atoms with E-state index in [0.29, 0.717) is 6.54 Å². The SMILES string of the molecule is O=C(CSc1nnc(Cn2ccc(=O)[nH]c2=O)o1)NC[C@H]1CCCO1. The van der Waals surface area contributed by atoms with Gasteiger partial charge < -0.3 is 14.5 Å². The number of aromatic amines is 1. The van der Waals surface area contributed by atoms with Crippen molar-refractivity contribution in [1.29, 1.82) is 0 Å². The maximum absolute atomic E-state index is 11.8. The molecule has 11 heteroatoms. The number of rotatable bonds is 7. The molecule has 1 fully saturated rings. The minimum absolute atomic E-state index is 0.0361. The number of carbonyl (C=O) groups excluding carboxylic acids is 1. The van der Waals surface area contributed by atoms with Crippen LogP contribution < -0.4 is 16.6 Å². The fourth-order valence-corrected chi connectivity index (χ4v) is 2.90. The maximum atomic E-state index is 11.8. The highest BCUT2D eigenvalue weighted by atomic mass is 32.2. The number of H-pyrrole nitrogens is 1. The molecule has 1 amide bonds. The Morgan fingerprint density at radius 1 is 1.44 bits per heavy atom. The number of ether oxygens (including phenoxy) is 1. The Morgan fingerprint density at radius 3 is 3.08 bits per heavy atom. The van der Waals surface area contributed by atoms with Crippen molar-refractivity contribution in [3.63, 3.8) is 0 Å². The van der Waals surface area contributed by atoms with Crippen molar-refractivity contribution < 1.29 is 13.9 Å². The van der Waals surface area contributed by atoms with Gasteiger partial charge in [0.05, 0.1) is 11.9 Å². The summed E-state index contributed by atoms with van der Waals surface area (Å²) in [6.45, 7) is 1.29. The van der Waals surface area contributed by atoms with E-state index in [1.54, 1.807) is 0 Å². The molecule has 0 unspecified atom stereocenters. The molecule has 0 radical (unpaired) electrons. The highest BCUT2D eigenvalue weighted by Gasteiger charge is 2.16. The summed E-state index contributed by atoms with van der Waals surface area (Å²) in [7, 11) is 0. The van der Waals surface area contributed by atoms with Crippen LogP contribution in [0, 0.1) is 0 Å². The van der Waals surface area contributed by atoms with E-state index in [4.69, 9.17) is 9.15 Å². The molecule has 3 rings (SSSR count). The van der Waals surface area contributed by atoms with E-state index >= 15 is 0 Å². The molecule has 25 heavy (non-hydrogen) atoms. The number of amides is 1. The summed E-state index contributed by atoms with van der Waals surface area (Å²) in [5.41, 5.74) is -1.04. The Balaban J connectivity index is 1.47. The highest BCUT2D eigenvalue weighted by molar-refractivity contribution is 7.99. The first kappa shape index (κ1) is 17.4. The summed E-state index contributed by atoms with van der Waals surface area (Å²) in [4.78, 5) is 36.5. The van der Waals surface area contributed by atoms with Crippen molar-refractivity contribution in [3.8, 4) is 0 Å². The van der Waals surface area contributed by atoms with Gasteiger partial charge in [0.1, 0.15) is 6.54 Å². The Hall–Kier alpha value is -2.40.